The van der Waals surface area contributed by atoms with Crippen LogP contribution in [0, 0.1) is 0 Å². The van der Waals surface area contributed by atoms with Gasteiger partial charge in [0.15, 0.2) is 0 Å². The molecule has 0 aromatic carbocycles. The summed E-state index contributed by atoms with van der Waals surface area (Å²) in [4.78, 5) is 15.5. The van der Waals surface area contributed by atoms with E-state index in [9.17, 15) is 4.79 Å². The third-order valence-corrected chi connectivity index (χ3v) is 2.67. The summed E-state index contributed by atoms with van der Waals surface area (Å²) in [6, 6.07) is 0.399. The molecule has 4 heteroatoms. The van der Waals surface area contributed by atoms with Gasteiger partial charge < -0.3 is 9.64 Å². The number of hydrogen-bond donors (Lipinski definition) is 0. The van der Waals surface area contributed by atoms with Gasteiger partial charge in [0.1, 0.15) is 6.23 Å². The number of ether oxygens (including phenoxy) is 1. The molecule has 2 atom stereocenters. The second kappa shape index (κ2) is 4.64. The third-order valence-electron chi connectivity index (χ3n) is 2.67. The number of nitrogens with zero attached hydrogens (tertiary/aromatic N) is 2. The molecule has 0 aromatic rings. The maximum absolute atomic E-state index is 11.8. The Morgan fingerprint density at radius 3 is 2.64 bits per heavy atom. The summed E-state index contributed by atoms with van der Waals surface area (Å²) in [5.74, 6) is 0. The van der Waals surface area contributed by atoms with Gasteiger partial charge in [-0.2, -0.15) is 0 Å². The van der Waals surface area contributed by atoms with E-state index in [-0.39, 0.29) is 12.3 Å². The number of amides is 2. The fraction of sp³-hybridized carbons (Fsp3) is 0.900. The Hall–Kier alpha value is -0.770. The molecular formula is C10H20N2O2. The van der Waals surface area contributed by atoms with Crippen molar-refractivity contribution in [3.8, 4) is 0 Å². The summed E-state index contributed by atoms with van der Waals surface area (Å²) < 4.78 is 5.42. The maximum atomic E-state index is 11.8. The minimum Gasteiger partial charge on any atom is -0.359 e. The Morgan fingerprint density at radius 2 is 2.21 bits per heavy atom. The molecule has 1 rings (SSSR count). The molecule has 0 radical (unpaired) electrons. The van der Waals surface area contributed by atoms with Gasteiger partial charge in [0.25, 0.3) is 0 Å². The van der Waals surface area contributed by atoms with E-state index in [1.54, 1.807) is 4.90 Å². The smallest absolute Gasteiger partial charge is 0.322 e. The molecule has 0 aromatic heterocycles. The molecule has 1 fully saturated rings. The van der Waals surface area contributed by atoms with Crippen LogP contribution in [-0.2, 0) is 4.74 Å². The number of rotatable bonds is 4. The van der Waals surface area contributed by atoms with Crippen LogP contribution in [0.5, 0.6) is 0 Å². The molecule has 0 saturated carbocycles. The molecule has 1 saturated heterocycles. The van der Waals surface area contributed by atoms with Crippen LogP contribution in [0.3, 0.4) is 0 Å². The van der Waals surface area contributed by atoms with Crippen molar-refractivity contribution >= 4 is 6.03 Å². The fourth-order valence-corrected chi connectivity index (χ4v) is 1.90. The molecule has 0 N–H and O–H groups in total. The van der Waals surface area contributed by atoms with Gasteiger partial charge in [0.05, 0.1) is 0 Å². The van der Waals surface area contributed by atoms with Crippen LogP contribution in [0.25, 0.3) is 0 Å². The highest BCUT2D eigenvalue weighted by Gasteiger charge is 2.36. The first kappa shape index (κ1) is 11.3. The van der Waals surface area contributed by atoms with E-state index in [4.69, 9.17) is 4.74 Å². The Balaban J connectivity index is 2.61. The summed E-state index contributed by atoms with van der Waals surface area (Å²) in [5, 5.41) is 0. The van der Waals surface area contributed by atoms with Gasteiger partial charge in [-0.1, -0.05) is 0 Å². The van der Waals surface area contributed by atoms with Crippen molar-refractivity contribution in [3.63, 3.8) is 0 Å². The minimum atomic E-state index is -0.105. The number of hydrogen-bond acceptors (Lipinski definition) is 2. The SMILES string of the molecule is CCOC(C)N1CC(C)N(CC)C1=O. The normalized spacial score (nSPS) is 24.6. The quantitative estimate of drug-likeness (QED) is 0.689. The lowest BCUT2D eigenvalue weighted by molar-refractivity contribution is -0.0124. The topological polar surface area (TPSA) is 32.8 Å². The summed E-state index contributed by atoms with van der Waals surface area (Å²) in [6.07, 6.45) is -0.105. The number of carbonyl (C=O) groups is 1. The van der Waals surface area contributed by atoms with E-state index < -0.39 is 0 Å². The average Bonchev–Trinajstić information content (AvgIpc) is 2.42. The number of urea groups is 1. The van der Waals surface area contributed by atoms with Crippen LogP contribution >= 0.6 is 0 Å². The standard InChI is InChI=1S/C10H20N2O2/c1-5-11-8(3)7-12(10(11)13)9(4)14-6-2/h8-9H,5-7H2,1-4H3. The highest BCUT2D eigenvalue weighted by molar-refractivity contribution is 5.77. The van der Waals surface area contributed by atoms with Gasteiger partial charge in [-0.05, 0) is 27.7 Å². The van der Waals surface area contributed by atoms with Crippen LogP contribution in [0.15, 0.2) is 0 Å². The third kappa shape index (κ3) is 2.00. The lowest BCUT2D eigenvalue weighted by Crippen LogP contribution is -2.39. The fourth-order valence-electron chi connectivity index (χ4n) is 1.90. The molecule has 1 heterocycles. The molecule has 14 heavy (non-hydrogen) atoms. The molecule has 0 bridgehead atoms. The van der Waals surface area contributed by atoms with Crippen LogP contribution in [0.4, 0.5) is 4.79 Å². The minimum absolute atomic E-state index is 0.0981. The molecule has 2 unspecified atom stereocenters. The van der Waals surface area contributed by atoms with Gasteiger partial charge in [-0.15, -0.1) is 0 Å². The molecule has 1 aliphatic heterocycles. The monoisotopic (exact) mass is 200 g/mol. The Morgan fingerprint density at radius 1 is 1.57 bits per heavy atom. The molecule has 82 valence electrons. The Labute approximate surface area is 85.8 Å². The molecule has 0 aliphatic carbocycles. The highest BCUT2D eigenvalue weighted by atomic mass is 16.5. The predicted molar refractivity (Wildman–Crippen MR) is 55.0 cm³/mol. The zero-order chi connectivity index (χ0) is 10.7. The van der Waals surface area contributed by atoms with Crippen LogP contribution in [0.2, 0.25) is 0 Å². The van der Waals surface area contributed by atoms with Crippen molar-refractivity contribution in [2.75, 3.05) is 19.7 Å². The number of likely N-dealkylation sites (N-methyl/N-ethyl adjacent to an activating group) is 1. The van der Waals surface area contributed by atoms with E-state index in [1.807, 2.05) is 25.7 Å². The van der Waals surface area contributed by atoms with Gasteiger partial charge >= 0.3 is 6.03 Å². The van der Waals surface area contributed by atoms with Crippen LogP contribution < -0.4 is 0 Å². The summed E-state index contributed by atoms with van der Waals surface area (Å²) in [7, 11) is 0. The average molecular weight is 200 g/mol. The second-order valence-corrected chi connectivity index (χ2v) is 3.62. The maximum Gasteiger partial charge on any atom is 0.322 e. The molecule has 4 nitrogen and oxygen atoms in total. The second-order valence-electron chi connectivity index (χ2n) is 3.62. The van der Waals surface area contributed by atoms with Crippen molar-refractivity contribution in [2.24, 2.45) is 0 Å². The highest BCUT2D eigenvalue weighted by Crippen LogP contribution is 2.18. The van der Waals surface area contributed by atoms with Crippen LogP contribution in [0.1, 0.15) is 27.7 Å². The largest absolute Gasteiger partial charge is 0.359 e. The van der Waals surface area contributed by atoms with E-state index in [2.05, 4.69) is 6.92 Å². The van der Waals surface area contributed by atoms with E-state index in [1.165, 1.54) is 0 Å². The van der Waals surface area contributed by atoms with Gasteiger partial charge in [-0.3, -0.25) is 4.90 Å². The van der Waals surface area contributed by atoms with Crippen molar-refractivity contribution in [1.29, 1.82) is 0 Å². The summed E-state index contributed by atoms with van der Waals surface area (Å²) >= 11 is 0. The molecule has 2 amide bonds. The van der Waals surface area contributed by atoms with E-state index in [0.717, 1.165) is 13.1 Å². The van der Waals surface area contributed by atoms with Gasteiger partial charge in [0.2, 0.25) is 0 Å². The van der Waals surface area contributed by atoms with Gasteiger partial charge in [0, 0.05) is 25.7 Å². The lowest BCUT2D eigenvalue weighted by Gasteiger charge is -2.23. The van der Waals surface area contributed by atoms with Crippen molar-refractivity contribution < 1.29 is 9.53 Å². The molecule has 1 aliphatic rings. The van der Waals surface area contributed by atoms with Crippen LogP contribution in [-0.4, -0.2) is 47.8 Å². The Kier molecular flexibility index (Phi) is 3.75. The van der Waals surface area contributed by atoms with Crippen molar-refractivity contribution in [1.82, 2.24) is 9.80 Å². The predicted octanol–water partition coefficient (Wildman–Crippen LogP) is 1.51. The first-order valence-electron chi connectivity index (χ1n) is 5.30. The lowest BCUT2D eigenvalue weighted by atomic mass is 10.3. The van der Waals surface area contributed by atoms with Crippen molar-refractivity contribution in [3.05, 3.63) is 0 Å². The first-order chi connectivity index (χ1) is 6.61. The zero-order valence-corrected chi connectivity index (χ0v) is 9.49. The van der Waals surface area contributed by atoms with E-state index in [0.29, 0.717) is 12.6 Å². The summed E-state index contributed by atoms with van der Waals surface area (Å²) in [6.45, 7) is 10.1. The Bertz CT molecular complexity index is 208. The van der Waals surface area contributed by atoms with Gasteiger partial charge in [-0.25, -0.2) is 4.79 Å². The van der Waals surface area contributed by atoms with E-state index >= 15 is 0 Å². The van der Waals surface area contributed by atoms with Crippen molar-refractivity contribution in [2.45, 2.75) is 40.0 Å². The first-order valence-corrected chi connectivity index (χ1v) is 5.30. The molecular weight excluding hydrogens is 180 g/mol. The summed E-state index contributed by atoms with van der Waals surface area (Å²) in [5.41, 5.74) is 0. The molecule has 0 spiro atoms. The zero-order valence-electron chi connectivity index (χ0n) is 9.49. The number of carbonyl (C=O) groups excluding carboxylic acids is 1.